The topological polar surface area (TPSA) is 84.8 Å². The maximum atomic E-state index is 12.8. The van der Waals surface area contributed by atoms with Gasteiger partial charge in [-0.2, -0.15) is 0 Å². The molecule has 5 nitrogen and oxygen atoms in total. The lowest BCUT2D eigenvalue weighted by molar-refractivity contribution is 0.855. The van der Waals surface area contributed by atoms with Crippen molar-refractivity contribution in [2.75, 3.05) is 0 Å². The van der Waals surface area contributed by atoms with Gasteiger partial charge in [-0.15, -0.1) is 12.4 Å². The summed E-state index contributed by atoms with van der Waals surface area (Å²) < 4.78 is 1.66. The molecule has 6 heteroatoms. The minimum Gasteiger partial charge on any atom is -0.384 e. The highest BCUT2D eigenvalue weighted by Gasteiger charge is 2.11. The number of halogens is 1. The zero-order chi connectivity index (χ0) is 20.5. The van der Waals surface area contributed by atoms with Crippen LogP contribution in [-0.2, 0) is 13.5 Å². The summed E-state index contributed by atoms with van der Waals surface area (Å²) in [6.07, 6.45) is 0.426. The largest absolute Gasteiger partial charge is 0.384 e. The summed E-state index contributed by atoms with van der Waals surface area (Å²) in [5.41, 5.74) is 12.6. The number of fused-ring (bicyclic) bond motifs is 1. The van der Waals surface area contributed by atoms with Crippen LogP contribution in [0.5, 0.6) is 0 Å². The van der Waals surface area contributed by atoms with Crippen LogP contribution in [0.2, 0.25) is 0 Å². The molecule has 0 aliphatic carbocycles. The van der Waals surface area contributed by atoms with Crippen LogP contribution in [0.4, 0.5) is 0 Å². The van der Waals surface area contributed by atoms with E-state index in [1.807, 2.05) is 42.5 Å². The summed E-state index contributed by atoms with van der Waals surface area (Å²) in [5, 5.41) is 7.50. The van der Waals surface area contributed by atoms with Crippen molar-refractivity contribution >= 4 is 29.3 Å². The van der Waals surface area contributed by atoms with Gasteiger partial charge in [0, 0.05) is 19.0 Å². The summed E-state index contributed by atoms with van der Waals surface area (Å²) in [7, 11) is 1.78. The number of hydrogen-bond donors (Lipinski definition) is 2. The highest BCUT2D eigenvalue weighted by Crippen LogP contribution is 2.26. The lowest BCUT2D eigenvalue weighted by Crippen LogP contribution is -2.23. The summed E-state index contributed by atoms with van der Waals surface area (Å²) in [6, 6.07) is 21.6. The lowest BCUT2D eigenvalue weighted by Gasteiger charge is -2.11. The predicted molar refractivity (Wildman–Crippen MR) is 125 cm³/mol. The molecule has 4 aromatic rings. The van der Waals surface area contributed by atoms with E-state index < -0.39 is 0 Å². The van der Waals surface area contributed by atoms with Gasteiger partial charge >= 0.3 is 0 Å². The van der Waals surface area contributed by atoms with Crippen molar-refractivity contribution in [2.45, 2.75) is 13.3 Å². The van der Waals surface area contributed by atoms with Crippen molar-refractivity contribution in [3.63, 3.8) is 0 Å². The molecule has 0 aliphatic heterocycles. The number of nitrogens with one attached hydrogen (secondary N) is 1. The van der Waals surface area contributed by atoms with E-state index in [1.165, 1.54) is 5.56 Å². The van der Waals surface area contributed by atoms with Crippen LogP contribution in [0, 0.1) is 12.3 Å². The van der Waals surface area contributed by atoms with E-state index in [0.717, 1.165) is 27.7 Å². The molecule has 0 aliphatic rings. The second kappa shape index (κ2) is 8.51. The molecule has 0 unspecified atom stereocenters. The fourth-order valence-corrected chi connectivity index (χ4v) is 3.57. The summed E-state index contributed by atoms with van der Waals surface area (Å²) in [6.45, 7) is 2.09. The number of benzene rings is 3. The highest BCUT2D eigenvalue weighted by atomic mass is 35.5. The smallest absolute Gasteiger partial charge is 0.272 e. The van der Waals surface area contributed by atoms with Gasteiger partial charge < -0.3 is 10.3 Å². The van der Waals surface area contributed by atoms with Crippen molar-refractivity contribution in [3.8, 4) is 11.1 Å². The van der Waals surface area contributed by atoms with Crippen LogP contribution < -0.4 is 11.3 Å². The average molecular weight is 419 g/mol. The maximum absolute atomic E-state index is 12.8. The normalized spacial score (nSPS) is 10.6. The molecule has 1 heterocycles. The van der Waals surface area contributed by atoms with Crippen LogP contribution in [0.3, 0.4) is 0 Å². The standard InChI is InChI=1S/C24H22N4O.ClH/c1-15-5-3-4-6-19(15)18-11-12-22-20(14-18)27-21(24(29)28(22)2)13-16-7-9-17(10-8-16)23(25)26;/h3-12,14H,13H2,1-2H3,(H3,25,26);1H. The molecule has 1 aromatic heterocycles. The quantitative estimate of drug-likeness (QED) is 0.384. The Labute approximate surface area is 181 Å². The van der Waals surface area contributed by atoms with E-state index in [-0.39, 0.29) is 23.8 Å². The monoisotopic (exact) mass is 418 g/mol. The molecule has 0 atom stereocenters. The first-order valence-electron chi connectivity index (χ1n) is 9.43. The van der Waals surface area contributed by atoms with Crippen molar-refractivity contribution in [3.05, 3.63) is 99.5 Å². The van der Waals surface area contributed by atoms with Crippen LogP contribution in [0.15, 0.2) is 71.5 Å². The van der Waals surface area contributed by atoms with Gasteiger partial charge in [-0.25, -0.2) is 4.98 Å². The average Bonchev–Trinajstić information content (AvgIpc) is 2.72. The Bertz CT molecular complexity index is 1290. The van der Waals surface area contributed by atoms with E-state index in [9.17, 15) is 4.79 Å². The van der Waals surface area contributed by atoms with Crippen LogP contribution in [0.25, 0.3) is 22.2 Å². The van der Waals surface area contributed by atoms with Gasteiger partial charge in [-0.3, -0.25) is 10.2 Å². The van der Waals surface area contributed by atoms with E-state index in [4.69, 9.17) is 16.1 Å². The van der Waals surface area contributed by atoms with Crippen molar-refractivity contribution in [2.24, 2.45) is 12.8 Å². The van der Waals surface area contributed by atoms with Gasteiger partial charge in [-0.1, -0.05) is 54.6 Å². The Hall–Kier alpha value is -3.44. The van der Waals surface area contributed by atoms with E-state index in [0.29, 0.717) is 17.7 Å². The fraction of sp³-hybridized carbons (Fsp3) is 0.125. The summed E-state index contributed by atoms with van der Waals surface area (Å²) in [5.74, 6) is 0.0278. The van der Waals surface area contributed by atoms with Gasteiger partial charge in [0.05, 0.1) is 11.0 Å². The second-order valence-electron chi connectivity index (χ2n) is 7.23. The first kappa shape index (κ1) is 21.3. The van der Waals surface area contributed by atoms with Crippen LogP contribution in [0.1, 0.15) is 22.4 Å². The number of rotatable bonds is 4. The summed E-state index contributed by atoms with van der Waals surface area (Å²) >= 11 is 0. The molecule has 0 saturated heterocycles. The molecule has 0 amide bonds. The van der Waals surface area contributed by atoms with Crippen molar-refractivity contribution in [1.29, 1.82) is 5.41 Å². The Kier molecular flexibility index (Phi) is 6.04. The molecule has 3 aromatic carbocycles. The highest BCUT2D eigenvalue weighted by molar-refractivity contribution is 5.94. The maximum Gasteiger partial charge on any atom is 0.272 e. The van der Waals surface area contributed by atoms with E-state index in [2.05, 4.69) is 19.1 Å². The second-order valence-corrected chi connectivity index (χ2v) is 7.23. The molecular formula is C24H23ClN4O. The minimum atomic E-state index is -0.100. The molecule has 0 radical (unpaired) electrons. The van der Waals surface area contributed by atoms with Crippen molar-refractivity contribution < 1.29 is 0 Å². The molecule has 152 valence electrons. The van der Waals surface area contributed by atoms with Gasteiger partial charge in [-0.05, 0) is 41.3 Å². The Morgan fingerprint density at radius 1 is 1.07 bits per heavy atom. The number of aromatic nitrogens is 2. The van der Waals surface area contributed by atoms with Gasteiger partial charge in [0.1, 0.15) is 11.5 Å². The Morgan fingerprint density at radius 3 is 2.43 bits per heavy atom. The number of nitrogens with two attached hydrogens (primary N) is 1. The molecule has 4 rings (SSSR count). The van der Waals surface area contributed by atoms with E-state index in [1.54, 1.807) is 23.7 Å². The predicted octanol–water partition coefficient (Wildman–Crippen LogP) is 4.21. The fourth-order valence-electron chi connectivity index (χ4n) is 3.57. The molecule has 3 N–H and O–H groups in total. The molecule has 0 saturated carbocycles. The molecule has 0 bridgehead atoms. The molecule has 0 spiro atoms. The molecule has 0 fully saturated rings. The third-order valence-corrected chi connectivity index (χ3v) is 5.24. The number of nitrogen functional groups attached to an aromatic ring is 1. The SMILES string of the molecule is Cc1ccccc1-c1ccc2c(c1)nc(Cc1ccc(C(=N)N)cc1)c(=O)n2C.Cl. The molecular weight excluding hydrogens is 396 g/mol. The van der Waals surface area contributed by atoms with Crippen molar-refractivity contribution in [1.82, 2.24) is 9.55 Å². The lowest BCUT2D eigenvalue weighted by atomic mass is 10.00. The third kappa shape index (κ3) is 3.98. The number of aryl methyl sites for hydroxylation is 2. The Balaban J connectivity index is 0.00000256. The van der Waals surface area contributed by atoms with Gasteiger partial charge in [0.25, 0.3) is 5.56 Å². The van der Waals surface area contributed by atoms with E-state index >= 15 is 0 Å². The zero-order valence-electron chi connectivity index (χ0n) is 16.8. The van der Waals surface area contributed by atoms with Crippen LogP contribution >= 0.6 is 12.4 Å². The minimum absolute atomic E-state index is 0. The van der Waals surface area contributed by atoms with Gasteiger partial charge in [0.15, 0.2) is 0 Å². The van der Waals surface area contributed by atoms with Crippen LogP contribution in [-0.4, -0.2) is 15.4 Å². The number of hydrogen-bond acceptors (Lipinski definition) is 3. The molecule has 30 heavy (non-hydrogen) atoms. The number of amidine groups is 1. The first-order valence-corrected chi connectivity index (χ1v) is 9.43. The number of nitrogens with zero attached hydrogens (tertiary/aromatic N) is 2. The Morgan fingerprint density at radius 2 is 1.77 bits per heavy atom. The summed E-state index contributed by atoms with van der Waals surface area (Å²) in [4.78, 5) is 17.5. The van der Waals surface area contributed by atoms with Gasteiger partial charge in [0.2, 0.25) is 0 Å². The third-order valence-electron chi connectivity index (χ3n) is 5.24. The zero-order valence-corrected chi connectivity index (χ0v) is 17.7. The first-order chi connectivity index (χ1) is 13.9.